The molecule has 2 rings (SSSR count). The largest absolute Gasteiger partial charge is 0.405 e. The maximum absolute atomic E-state index is 12.0. The van der Waals surface area contributed by atoms with Gasteiger partial charge in [0.25, 0.3) is 5.56 Å². The van der Waals surface area contributed by atoms with Crippen LogP contribution >= 0.6 is 7.75 Å². The molecule has 2 heterocycles. The van der Waals surface area contributed by atoms with Gasteiger partial charge in [-0.15, -0.1) is 0 Å². The fourth-order valence-corrected chi connectivity index (χ4v) is 3.21. The van der Waals surface area contributed by atoms with Gasteiger partial charge in [0.15, 0.2) is 6.23 Å². The van der Waals surface area contributed by atoms with E-state index in [1.165, 1.54) is 27.5 Å². The number of aliphatic hydroxyl groups is 1. The van der Waals surface area contributed by atoms with E-state index < -0.39 is 43.5 Å². The molecular weight excluding hydrogens is 345 g/mol. The molecule has 1 aliphatic rings. The lowest BCUT2D eigenvalue weighted by atomic mass is 10.1. The Labute approximate surface area is 137 Å². The molecule has 12 heteroatoms. The molecule has 3 N–H and O–H groups in total. The van der Waals surface area contributed by atoms with Gasteiger partial charge in [0.05, 0.1) is 0 Å². The highest BCUT2D eigenvalue weighted by Crippen LogP contribution is 2.42. The van der Waals surface area contributed by atoms with Crippen molar-refractivity contribution in [2.24, 2.45) is 0 Å². The van der Waals surface area contributed by atoms with Crippen LogP contribution in [0.15, 0.2) is 21.9 Å². The minimum atomic E-state index is -3.49. The molecule has 1 saturated heterocycles. The molecule has 136 valence electrons. The second kappa shape index (κ2) is 7.70. The normalized spacial score (nSPS) is 27.5. The van der Waals surface area contributed by atoms with Crippen LogP contribution < -0.4 is 16.3 Å². The van der Waals surface area contributed by atoms with Crippen LogP contribution in [-0.2, 0) is 23.1 Å². The average molecular weight is 365 g/mol. The summed E-state index contributed by atoms with van der Waals surface area (Å²) < 4.78 is 33.4. The van der Waals surface area contributed by atoms with Gasteiger partial charge in [0, 0.05) is 40.1 Å². The topological polar surface area (TPSA) is 141 Å². The van der Waals surface area contributed by atoms with Gasteiger partial charge in [0.2, 0.25) is 0 Å². The quantitative estimate of drug-likeness (QED) is 0.508. The number of rotatable bonds is 7. The molecule has 1 aromatic rings. The summed E-state index contributed by atoms with van der Waals surface area (Å²) in [5.41, 5.74) is -1.25. The Balaban J connectivity index is 2.19. The number of hydrogen-bond donors (Lipinski definition) is 3. The van der Waals surface area contributed by atoms with Gasteiger partial charge in [0.1, 0.15) is 18.3 Å². The van der Waals surface area contributed by atoms with Crippen LogP contribution in [0.5, 0.6) is 0 Å². The van der Waals surface area contributed by atoms with Crippen LogP contribution in [0, 0.1) is 0 Å². The van der Waals surface area contributed by atoms with Gasteiger partial charge >= 0.3 is 13.4 Å². The van der Waals surface area contributed by atoms with Crippen molar-refractivity contribution in [2.45, 2.75) is 24.5 Å². The van der Waals surface area contributed by atoms with E-state index in [2.05, 4.69) is 10.1 Å². The number of aromatic nitrogens is 2. The Morgan fingerprint density at radius 3 is 2.58 bits per heavy atom. The standard InChI is InChI=1S/C12H20N3O8P/c1-20-10-9(17)7(6-13-24(19,21-2)22-3)23-11(10)15-5-4-8(16)14-12(15)18/h4-5,7,9-11,17H,6H2,1-3H3,(H,13,19)(H,14,16,18)/t7-,9-,10-,11-/m1/s1. The summed E-state index contributed by atoms with van der Waals surface area (Å²) in [7, 11) is 0.283. The zero-order valence-corrected chi connectivity index (χ0v) is 14.3. The van der Waals surface area contributed by atoms with Gasteiger partial charge in [-0.25, -0.2) is 14.4 Å². The molecule has 0 unspecified atom stereocenters. The van der Waals surface area contributed by atoms with Gasteiger partial charge in [-0.2, -0.15) is 0 Å². The second-order valence-corrected chi connectivity index (χ2v) is 7.04. The van der Waals surface area contributed by atoms with Crippen molar-refractivity contribution in [1.29, 1.82) is 0 Å². The molecule has 0 spiro atoms. The van der Waals surface area contributed by atoms with Crippen LogP contribution in [0.3, 0.4) is 0 Å². The van der Waals surface area contributed by atoms with E-state index in [0.29, 0.717) is 0 Å². The smallest absolute Gasteiger partial charge is 0.387 e. The van der Waals surface area contributed by atoms with E-state index in [0.717, 1.165) is 10.6 Å². The van der Waals surface area contributed by atoms with Gasteiger partial charge in [-0.3, -0.25) is 14.3 Å². The fraction of sp³-hybridized carbons (Fsp3) is 0.667. The number of aromatic amines is 1. The van der Waals surface area contributed by atoms with Crippen molar-refractivity contribution in [3.63, 3.8) is 0 Å². The Kier molecular flexibility index (Phi) is 6.10. The number of methoxy groups -OCH3 is 1. The molecule has 1 aliphatic heterocycles. The summed E-state index contributed by atoms with van der Waals surface area (Å²) >= 11 is 0. The van der Waals surface area contributed by atoms with E-state index in [1.807, 2.05) is 0 Å². The van der Waals surface area contributed by atoms with Crippen molar-refractivity contribution >= 4 is 7.75 Å². The van der Waals surface area contributed by atoms with Crippen molar-refractivity contribution in [2.75, 3.05) is 27.9 Å². The molecule has 0 aliphatic carbocycles. The third kappa shape index (κ3) is 3.83. The fourth-order valence-electron chi connectivity index (χ4n) is 2.40. The highest BCUT2D eigenvalue weighted by molar-refractivity contribution is 7.51. The SMILES string of the molecule is CO[C@@H]1[C@H](O)[C@@H](CNP(=O)(OC)OC)O[C@H]1n1ccc(=O)[nH]c1=O. The molecule has 1 fully saturated rings. The first-order valence-corrected chi connectivity index (χ1v) is 8.54. The van der Waals surface area contributed by atoms with E-state index >= 15 is 0 Å². The van der Waals surface area contributed by atoms with Crippen molar-refractivity contribution in [1.82, 2.24) is 14.6 Å². The number of nitrogens with one attached hydrogen (secondary N) is 2. The first kappa shape index (κ1) is 19.0. The number of H-pyrrole nitrogens is 1. The Hall–Kier alpha value is -1.33. The van der Waals surface area contributed by atoms with Crippen LogP contribution in [-0.4, -0.2) is 60.8 Å². The van der Waals surface area contributed by atoms with Crippen molar-refractivity contribution < 1.29 is 28.2 Å². The average Bonchev–Trinajstić information content (AvgIpc) is 2.88. The molecule has 1 aromatic heterocycles. The Morgan fingerprint density at radius 2 is 2.04 bits per heavy atom. The minimum Gasteiger partial charge on any atom is -0.387 e. The third-order valence-electron chi connectivity index (χ3n) is 3.68. The number of hydrogen-bond acceptors (Lipinski definition) is 8. The summed E-state index contributed by atoms with van der Waals surface area (Å²) in [6.07, 6.45) is -2.56. The van der Waals surface area contributed by atoms with E-state index in [9.17, 15) is 19.3 Å². The van der Waals surface area contributed by atoms with Crippen LogP contribution in [0.4, 0.5) is 0 Å². The van der Waals surface area contributed by atoms with Gasteiger partial charge in [-0.1, -0.05) is 0 Å². The maximum atomic E-state index is 12.0. The highest BCUT2D eigenvalue weighted by Gasteiger charge is 2.46. The number of ether oxygens (including phenoxy) is 2. The molecule has 0 radical (unpaired) electrons. The molecular formula is C12H20N3O8P. The predicted molar refractivity (Wildman–Crippen MR) is 81.7 cm³/mol. The van der Waals surface area contributed by atoms with E-state index in [4.69, 9.17) is 18.5 Å². The van der Waals surface area contributed by atoms with Crippen LogP contribution in [0.25, 0.3) is 0 Å². The van der Waals surface area contributed by atoms with Crippen LogP contribution in [0.2, 0.25) is 0 Å². The summed E-state index contributed by atoms with van der Waals surface area (Å²) in [5, 5.41) is 12.9. The van der Waals surface area contributed by atoms with Crippen molar-refractivity contribution in [3.8, 4) is 0 Å². The van der Waals surface area contributed by atoms with Crippen LogP contribution in [0.1, 0.15) is 6.23 Å². The monoisotopic (exact) mass is 365 g/mol. The van der Waals surface area contributed by atoms with E-state index in [-0.39, 0.29) is 6.54 Å². The molecule has 24 heavy (non-hydrogen) atoms. The lowest BCUT2D eigenvalue weighted by Gasteiger charge is -2.20. The number of aliphatic hydroxyl groups excluding tert-OH is 1. The second-order valence-electron chi connectivity index (χ2n) is 5.00. The zero-order chi connectivity index (χ0) is 17.9. The summed E-state index contributed by atoms with van der Waals surface area (Å²) in [6, 6.07) is 1.15. The Bertz CT molecular complexity index is 711. The summed E-state index contributed by atoms with van der Waals surface area (Å²) in [6.45, 7) is -0.0748. The summed E-state index contributed by atoms with van der Waals surface area (Å²) in [4.78, 5) is 25.2. The first-order chi connectivity index (χ1) is 11.3. The van der Waals surface area contributed by atoms with Crippen molar-refractivity contribution in [3.05, 3.63) is 33.1 Å². The Morgan fingerprint density at radius 1 is 1.38 bits per heavy atom. The third-order valence-corrected chi connectivity index (χ3v) is 5.21. The minimum absolute atomic E-state index is 0.0748. The molecule has 0 saturated carbocycles. The van der Waals surface area contributed by atoms with E-state index in [1.54, 1.807) is 0 Å². The van der Waals surface area contributed by atoms with Gasteiger partial charge in [-0.05, 0) is 0 Å². The molecule has 11 nitrogen and oxygen atoms in total. The lowest BCUT2D eigenvalue weighted by molar-refractivity contribution is -0.0532. The maximum Gasteiger partial charge on any atom is 0.405 e. The predicted octanol–water partition coefficient (Wildman–Crippen LogP) is -1.20. The molecule has 4 atom stereocenters. The zero-order valence-electron chi connectivity index (χ0n) is 13.4. The highest BCUT2D eigenvalue weighted by atomic mass is 31.2. The molecule has 0 bridgehead atoms. The number of nitrogens with zero attached hydrogens (tertiary/aromatic N) is 1. The first-order valence-electron chi connectivity index (χ1n) is 6.99. The molecule has 0 aromatic carbocycles. The van der Waals surface area contributed by atoms with Gasteiger partial charge < -0.3 is 23.6 Å². The summed E-state index contributed by atoms with van der Waals surface area (Å²) in [5.74, 6) is 0. The lowest BCUT2D eigenvalue weighted by Crippen LogP contribution is -2.39. The molecule has 0 amide bonds.